The summed E-state index contributed by atoms with van der Waals surface area (Å²) < 4.78 is 10.3. The van der Waals surface area contributed by atoms with Crippen molar-refractivity contribution < 1.29 is 4.74 Å². The van der Waals surface area contributed by atoms with Gasteiger partial charge in [0.25, 0.3) is 0 Å². The minimum Gasteiger partial charge on any atom is -0.369 e. The van der Waals surface area contributed by atoms with Gasteiger partial charge in [-0.25, -0.2) is 0 Å². The van der Waals surface area contributed by atoms with Crippen molar-refractivity contribution in [2.45, 2.75) is 71.1 Å². The molecule has 0 aliphatic carbocycles. The van der Waals surface area contributed by atoms with Crippen LogP contribution in [0.2, 0.25) is 0 Å². The lowest BCUT2D eigenvalue weighted by molar-refractivity contribution is -0.0778. The summed E-state index contributed by atoms with van der Waals surface area (Å²) >= 11 is 1.44. The van der Waals surface area contributed by atoms with E-state index in [1.165, 1.54) is 11.5 Å². The molecule has 2 unspecified atom stereocenters. The van der Waals surface area contributed by atoms with Crippen molar-refractivity contribution in [1.29, 1.82) is 0 Å². The average Bonchev–Trinajstić information content (AvgIpc) is 2.83. The quantitative estimate of drug-likeness (QED) is 0.660. The highest BCUT2D eigenvalue weighted by Gasteiger charge is 2.50. The molecule has 20 heavy (non-hydrogen) atoms. The van der Waals surface area contributed by atoms with E-state index in [0.717, 1.165) is 17.0 Å². The molecule has 2 rings (SSSR count). The third-order valence-corrected chi connectivity index (χ3v) is 4.92. The molecule has 0 saturated carbocycles. The molecule has 1 fully saturated rings. The van der Waals surface area contributed by atoms with Crippen LogP contribution in [0.25, 0.3) is 0 Å². The normalized spacial score (nSPS) is 26.1. The summed E-state index contributed by atoms with van der Waals surface area (Å²) in [5.41, 5.74) is 3.68. The second kappa shape index (κ2) is 5.33. The summed E-state index contributed by atoms with van der Waals surface area (Å²) in [5, 5.41) is 4.27. The SMILES string of the molecule is CC(C)c1nnsc1C(NN)C1CC(C)(C)OC1(C)C. The highest BCUT2D eigenvalue weighted by Crippen LogP contribution is 2.48. The highest BCUT2D eigenvalue weighted by atomic mass is 32.1. The van der Waals surface area contributed by atoms with Crippen LogP contribution in [0.4, 0.5) is 0 Å². The van der Waals surface area contributed by atoms with Crippen LogP contribution in [0.5, 0.6) is 0 Å². The number of hydrazine groups is 1. The maximum atomic E-state index is 6.20. The van der Waals surface area contributed by atoms with Crippen molar-refractivity contribution >= 4 is 11.5 Å². The minimum atomic E-state index is -0.223. The lowest BCUT2D eigenvalue weighted by Gasteiger charge is -2.32. The molecule has 0 spiro atoms. The zero-order chi connectivity index (χ0) is 15.1. The first-order valence-corrected chi connectivity index (χ1v) is 7.94. The summed E-state index contributed by atoms with van der Waals surface area (Å²) in [6.07, 6.45) is 0.963. The van der Waals surface area contributed by atoms with Gasteiger partial charge in [-0.1, -0.05) is 18.3 Å². The Morgan fingerprint density at radius 3 is 2.45 bits per heavy atom. The summed E-state index contributed by atoms with van der Waals surface area (Å²) in [7, 11) is 0. The average molecular weight is 298 g/mol. The first-order valence-electron chi connectivity index (χ1n) is 7.16. The van der Waals surface area contributed by atoms with Gasteiger partial charge in [-0.05, 0) is 51.6 Å². The molecule has 0 aromatic carbocycles. The van der Waals surface area contributed by atoms with Crippen molar-refractivity contribution in [3.63, 3.8) is 0 Å². The summed E-state index contributed by atoms with van der Waals surface area (Å²) in [5.74, 6) is 6.51. The second-order valence-corrected chi connectivity index (χ2v) is 7.88. The fraction of sp³-hybridized carbons (Fsp3) is 0.857. The fourth-order valence-electron chi connectivity index (χ4n) is 3.32. The van der Waals surface area contributed by atoms with Gasteiger partial charge in [-0.2, -0.15) is 0 Å². The number of nitrogens with one attached hydrogen (secondary N) is 1. The van der Waals surface area contributed by atoms with Gasteiger partial charge in [0.05, 0.1) is 27.8 Å². The van der Waals surface area contributed by atoms with Crippen LogP contribution in [-0.2, 0) is 4.74 Å². The number of hydrogen-bond acceptors (Lipinski definition) is 6. The van der Waals surface area contributed by atoms with E-state index in [1.54, 1.807) is 0 Å². The summed E-state index contributed by atoms with van der Waals surface area (Å²) in [6, 6.07) is 0.0316. The fourth-order valence-corrected chi connectivity index (χ4v) is 4.25. The molecule has 6 heteroatoms. The van der Waals surface area contributed by atoms with Crippen molar-refractivity contribution in [1.82, 2.24) is 15.0 Å². The number of rotatable bonds is 4. The molecular formula is C14H26N4OS. The molecule has 1 saturated heterocycles. The summed E-state index contributed by atoms with van der Waals surface area (Å²) in [6.45, 7) is 12.8. The lowest BCUT2D eigenvalue weighted by atomic mass is 9.80. The molecule has 1 aromatic rings. The third kappa shape index (κ3) is 2.88. The van der Waals surface area contributed by atoms with Crippen LogP contribution >= 0.6 is 11.5 Å². The molecule has 1 aliphatic heterocycles. The maximum absolute atomic E-state index is 6.20. The Balaban J connectivity index is 2.35. The van der Waals surface area contributed by atoms with Crippen LogP contribution in [0.1, 0.15) is 70.5 Å². The first-order chi connectivity index (χ1) is 9.18. The molecule has 1 aliphatic rings. The van der Waals surface area contributed by atoms with Gasteiger partial charge in [-0.3, -0.25) is 11.3 Å². The second-order valence-electron chi connectivity index (χ2n) is 7.10. The lowest BCUT2D eigenvalue weighted by Crippen LogP contribution is -2.41. The van der Waals surface area contributed by atoms with Gasteiger partial charge in [0, 0.05) is 5.92 Å². The minimum absolute atomic E-state index is 0.0316. The van der Waals surface area contributed by atoms with E-state index in [9.17, 15) is 0 Å². The van der Waals surface area contributed by atoms with E-state index in [1.807, 2.05) is 0 Å². The molecule has 114 valence electrons. The van der Waals surface area contributed by atoms with Gasteiger partial charge >= 0.3 is 0 Å². The number of ether oxygens (including phenoxy) is 1. The van der Waals surface area contributed by atoms with Crippen molar-refractivity contribution in [2.24, 2.45) is 11.8 Å². The third-order valence-electron chi connectivity index (χ3n) is 4.10. The molecule has 0 bridgehead atoms. The molecule has 1 aromatic heterocycles. The maximum Gasteiger partial charge on any atom is 0.0829 e. The Morgan fingerprint density at radius 2 is 2.00 bits per heavy atom. The Morgan fingerprint density at radius 1 is 1.35 bits per heavy atom. The van der Waals surface area contributed by atoms with E-state index in [0.29, 0.717) is 11.8 Å². The van der Waals surface area contributed by atoms with E-state index >= 15 is 0 Å². The first kappa shape index (κ1) is 15.8. The largest absolute Gasteiger partial charge is 0.369 e. The summed E-state index contributed by atoms with van der Waals surface area (Å²) in [4.78, 5) is 1.14. The van der Waals surface area contributed by atoms with E-state index in [2.05, 4.69) is 56.6 Å². The highest BCUT2D eigenvalue weighted by molar-refractivity contribution is 7.05. The zero-order valence-electron chi connectivity index (χ0n) is 13.2. The van der Waals surface area contributed by atoms with Crippen LogP contribution in [-0.4, -0.2) is 20.8 Å². The number of hydrogen-bond donors (Lipinski definition) is 2. The Hall–Kier alpha value is -0.560. The van der Waals surface area contributed by atoms with Gasteiger partial charge in [0.1, 0.15) is 0 Å². The Bertz CT molecular complexity index is 469. The Kier molecular flexibility index (Phi) is 4.22. The van der Waals surface area contributed by atoms with Crippen molar-refractivity contribution in [3.05, 3.63) is 10.6 Å². The number of aromatic nitrogens is 2. The van der Waals surface area contributed by atoms with Crippen LogP contribution in [0, 0.1) is 5.92 Å². The molecule has 5 nitrogen and oxygen atoms in total. The molecule has 2 atom stereocenters. The van der Waals surface area contributed by atoms with E-state index < -0.39 is 0 Å². The predicted octanol–water partition coefficient (Wildman–Crippen LogP) is 2.76. The van der Waals surface area contributed by atoms with Crippen LogP contribution in [0.15, 0.2) is 0 Å². The topological polar surface area (TPSA) is 73.1 Å². The van der Waals surface area contributed by atoms with Gasteiger partial charge in [0.2, 0.25) is 0 Å². The van der Waals surface area contributed by atoms with Crippen LogP contribution < -0.4 is 11.3 Å². The molecule has 3 N–H and O–H groups in total. The molecular weight excluding hydrogens is 272 g/mol. The monoisotopic (exact) mass is 298 g/mol. The van der Waals surface area contributed by atoms with Crippen LogP contribution in [0.3, 0.4) is 0 Å². The Labute approximate surface area is 125 Å². The standard InChI is InChI=1S/C14H26N4OS/c1-8(2)10-12(20-18-17-10)11(16-15)9-7-13(3,4)19-14(9,5)6/h8-9,11,16H,7,15H2,1-6H3. The molecule has 0 radical (unpaired) electrons. The number of nitrogens with two attached hydrogens (primary N) is 1. The van der Waals surface area contributed by atoms with Gasteiger partial charge in [0.15, 0.2) is 0 Å². The van der Waals surface area contributed by atoms with Gasteiger partial charge in [-0.15, -0.1) is 5.10 Å². The molecule has 2 heterocycles. The predicted molar refractivity (Wildman–Crippen MR) is 81.4 cm³/mol. The van der Waals surface area contributed by atoms with E-state index in [-0.39, 0.29) is 17.2 Å². The molecule has 0 amide bonds. The van der Waals surface area contributed by atoms with Crippen molar-refractivity contribution in [2.75, 3.05) is 0 Å². The smallest absolute Gasteiger partial charge is 0.0829 e. The van der Waals surface area contributed by atoms with E-state index in [4.69, 9.17) is 10.6 Å². The van der Waals surface area contributed by atoms with Gasteiger partial charge < -0.3 is 4.74 Å². The van der Waals surface area contributed by atoms with Crippen molar-refractivity contribution in [3.8, 4) is 0 Å². The zero-order valence-corrected chi connectivity index (χ0v) is 14.0. The number of nitrogens with zero attached hydrogens (tertiary/aromatic N) is 2.